The highest BCUT2D eigenvalue weighted by Gasteiger charge is 2.17. The van der Waals surface area contributed by atoms with Crippen molar-refractivity contribution in [2.45, 2.75) is 26.4 Å². The van der Waals surface area contributed by atoms with Crippen LogP contribution in [-0.4, -0.2) is 24.4 Å². The highest BCUT2D eigenvalue weighted by atomic mass is 79.9. The van der Waals surface area contributed by atoms with Crippen LogP contribution in [0.2, 0.25) is 0 Å². The Balaban J connectivity index is 2.29. The lowest BCUT2D eigenvalue weighted by Gasteiger charge is -2.15. The third-order valence-corrected chi connectivity index (χ3v) is 4.51. The van der Waals surface area contributed by atoms with E-state index in [0.717, 1.165) is 9.35 Å². The summed E-state index contributed by atoms with van der Waals surface area (Å²) >= 11 is 4.94. The van der Waals surface area contributed by atoms with Gasteiger partial charge in [0.05, 0.1) is 19.1 Å². The summed E-state index contributed by atoms with van der Waals surface area (Å²) in [6, 6.07) is 1.34. The van der Waals surface area contributed by atoms with Gasteiger partial charge in [-0.3, -0.25) is 9.59 Å². The molecule has 0 aliphatic heterocycles. The molecule has 0 radical (unpaired) electrons. The van der Waals surface area contributed by atoms with Crippen molar-refractivity contribution < 1.29 is 9.59 Å². The normalized spacial score (nSPS) is 12.3. The molecule has 0 saturated heterocycles. The second-order valence-electron chi connectivity index (χ2n) is 4.46. The second kappa shape index (κ2) is 7.62. The van der Waals surface area contributed by atoms with Gasteiger partial charge in [-0.25, -0.2) is 0 Å². The van der Waals surface area contributed by atoms with Crippen LogP contribution in [0.25, 0.3) is 0 Å². The van der Waals surface area contributed by atoms with Gasteiger partial charge in [-0.05, 0) is 33.3 Å². The molecule has 1 heterocycles. The monoisotopic (exact) mass is 347 g/mol. The first-order valence-electron chi connectivity index (χ1n) is 5.93. The largest absolute Gasteiger partial charge is 0.350 e. The summed E-state index contributed by atoms with van der Waals surface area (Å²) in [6.07, 6.45) is 0. The van der Waals surface area contributed by atoms with E-state index in [4.69, 9.17) is 5.73 Å². The van der Waals surface area contributed by atoms with Crippen molar-refractivity contribution in [1.29, 1.82) is 0 Å². The minimum atomic E-state index is -0.584. The summed E-state index contributed by atoms with van der Waals surface area (Å²) in [5.74, 6) is -0.489. The molecule has 0 aromatic carbocycles. The fourth-order valence-corrected chi connectivity index (χ4v) is 2.71. The standard InChI is InChI=1S/C12H18BrN3O2S/c1-7(2)11(14)12(18)16-6-10(17)15-5-9-8(13)3-4-19-9/h3-4,7,11H,5-6,14H2,1-2H3,(H,15,17)(H,16,18)/t11-/m0/s1. The van der Waals surface area contributed by atoms with E-state index in [2.05, 4.69) is 26.6 Å². The summed E-state index contributed by atoms with van der Waals surface area (Å²) in [4.78, 5) is 24.2. The van der Waals surface area contributed by atoms with Crippen LogP contribution in [-0.2, 0) is 16.1 Å². The molecule has 0 aliphatic rings. The molecule has 1 aromatic heterocycles. The molecule has 0 saturated carbocycles. The lowest BCUT2D eigenvalue weighted by molar-refractivity contribution is -0.127. The summed E-state index contributed by atoms with van der Waals surface area (Å²) < 4.78 is 0.976. The van der Waals surface area contributed by atoms with Crippen LogP contribution in [0, 0.1) is 5.92 Å². The lowest BCUT2D eigenvalue weighted by Crippen LogP contribution is -2.47. The average Bonchev–Trinajstić information content (AvgIpc) is 2.77. The maximum Gasteiger partial charge on any atom is 0.239 e. The highest BCUT2D eigenvalue weighted by Crippen LogP contribution is 2.21. The minimum Gasteiger partial charge on any atom is -0.350 e. The second-order valence-corrected chi connectivity index (χ2v) is 6.31. The molecular weight excluding hydrogens is 330 g/mol. The molecule has 19 heavy (non-hydrogen) atoms. The van der Waals surface area contributed by atoms with E-state index in [1.165, 1.54) is 0 Å². The zero-order valence-corrected chi connectivity index (χ0v) is 13.3. The van der Waals surface area contributed by atoms with Gasteiger partial charge in [-0.15, -0.1) is 11.3 Å². The summed E-state index contributed by atoms with van der Waals surface area (Å²) in [5, 5.41) is 7.20. The van der Waals surface area contributed by atoms with E-state index < -0.39 is 6.04 Å². The van der Waals surface area contributed by atoms with Crippen molar-refractivity contribution in [3.05, 3.63) is 20.8 Å². The van der Waals surface area contributed by atoms with Crippen molar-refractivity contribution >= 4 is 39.1 Å². The van der Waals surface area contributed by atoms with Crippen LogP contribution in [0.4, 0.5) is 0 Å². The third kappa shape index (κ3) is 5.30. The zero-order chi connectivity index (χ0) is 14.4. The zero-order valence-electron chi connectivity index (χ0n) is 10.9. The van der Waals surface area contributed by atoms with Crippen molar-refractivity contribution in [3.63, 3.8) is 0 Å². The Morgan fingerprint density at radius 3 is 2.63 bits per heavy atom. The van der Waals surface area contributed by atoms with Crippen LogP contribution < -0.4 is 16.4 Å². The smallest absolute Gasteiger partial charge is 0.239 e. The molecule has 4 N–H and O–H groups in total. The van der Waals surface area contributed by atoms with Crippen molar-refractivity contribution in [2.75, 3.05) is 6.54 Å². The predicted octanol–water partition coefficient (Wildman–Crippen LogP) is 1.23. The molecule has 7 heteroatoms. The fourth-order valence-electron chi connectivity index (χ4n) is 1.28. The van der Waals surface area contributed by atoms with E-state index in [-0.39, 0.29) is 24.3 Å². The Morgan fingerprint density at radius 2 is 2.11 bits per heavy atom. The first kappa shape index (κ1) is 16.1. The maximum atomic E-state index is 11.6. The molecule has 1 atom stereocenters. The van der Waals surface area contributed by atoms with E-state index in [1.54, 1.807) is 11.3 Å². The Kier molecular flexibility index (Phi) is 6.47. The molecule has 0 aliphatic carbocycles. The first-order valence-corrected chi connectivity index (χ1v) is 7.61. The molecule has 0 fully saturated rings. The van der Waals surface area contributed by atoms with Gasteiger partial charge in [0.2, 0.25) is 11.8 Å². The van der Waals surface area contributed by atoms with Crippen molar-refractivity contribution in [1.82, 2.24) is 10.6 Å². The van der Waals surface area contributed by atoms with Crippen LogP contribution in [0.15, 0.2) is 15.9 Å². The van der Waals surface area contributed by atoms with Crippen molar-refractivity contribution in [3.8, 4) is 0 Å². The SMILES string of the molecule is CC(C)[C@H](N)C(=O)NCC(=O)NCc1sccc1Br. The number of carbonyl (C=O) groups is 2. The van der Waals surface area contributed by atoms with Gasteiger partial charge in [0.15, 0.2) is 0 Å². The number of halogens is 1. The molecule has 0 unspecified atom stereocenters. The summed E-state index contributed by atoms with van der Waals surface area (Å²) in [6.45, 7) is 4.11. The van der Waals surface area contributed by atoms with E-state index in [0.29, 0.717) is 6.54 Å². The number of nitrogens with two attached hydrogens (primary N) is 1. The number of thiophene rings is 1. The summed E-state index contributed by atoms with van der Waals surface area (Å²) in [7, 11) is 0. The number of rotatable bonds is 6. The number of carbonyl (C=O) groups excluding carboxylic acids is 2. The molecule has 1 aromatic rings. The van der Waals surface area contributed by atoms with Gasteiger partial charge in [0, 0.05) is 9.35 Å². The first-order chi connectivity index (χ1) is 8.91. The van der Waals surface area contributed by atoms with Gasteiger partial charge >= 0.3 is 0 Å². The molecule has 1 rings (SSSR count). The Bertz CT molecular complexity index is 448. The van der Waals surface area contributed by atoms with Gasteiger partial charge < -0.3 is 16.4 Å². The predicted molar refractivity (Wildman–Crippen MR) is 79.7 cm³/mol. The van der Waals surface area contributed by atoms with Crippen LogP contribution in [0.1, 0.15) is 18.7 Å². The number of hydrogen-bond donors (Lipinski definition) is 3. The molecule has 5 nitrogen and oxygen atoms in total. The van der Waals surface area contributed by atoms with Crippen molar-refractivity contribution in [2.24, 2.45) is 11.7 Å². The Hall–Kier alpha value is -0.920. The third-order valence-electron chi connectivity index (χ3n) is 2.58. The minimum absolute atomic E-state index is 0.0464. The van der Waals surface area contributed by atoms with Crippen LogP contribution >= 0.6 is 27.3 Å². The Labute approximate surface area is 125 Å². The molecule has 106 valence electrons. The Morgan fingerprint density at radius 1 is 1.42 bits per heavy atom. The lowest BCUT2D eigenvalue weighted by atomic mass is 10.1. The van der Waals surface area contributed by atoms with E-state index >= 15 is 0 Å². The number of nitrogens with one attached hydrogen (secondary N) is 2. The van der Waals surface area contributed by atoms with Crippen LogP contribution in [0.3, 0.4) is 0 Å². The average molecular weight is 348 g/mol. The quantitative estimate of drug-likeness (QED) is 0.723. The van der Waals surface area contributed by atoms with E-state index in [1.807, 2.05) is 25.3 Å². The van der Waals surface area contributed by atoms with Crippen LogP contribution in [0.5, 0.6) is 0 Å². The number of amides is 2. The molecular formula is C12H18BrN3O2S. The van der Waals surface area contributed by atoms with E-state index in [9.17, 15) is 9.59 Å². The van der Waals surface area contributed by atoms with Gasteiger partial charge in [-0.1, -0.05) is 13.8 Å². The molecule has 2 amide bonds. The van der Waals surface area contributed by atoms with Gasteiger partial charge in [0.25, 0.3) is 0 Å². The topological polar surface area (TPSA) is 84.2 Å². The highest BCUT2D eigenvalue weighted by molar-refractivity contribution is 9.10. The number of hydrogen-bond acceptors (Lipinski definition) is 4. The summed E-state index contributed by atoms with van der Waals surface area (Å²) in [5.41, 5.74) is 5.67. The van der Waals surface area contributed by atoms with Gasteiger partial charge in [-0.2, -0.15) is 0 Å². The molecule has 0 spiro atoms. The fraction of sp³-hybridized carbons (Fsp3) is 0.500. The van der Waals surface area contributed by atoms with Gasteiger partial charge in [0.1, 0.15) is 0 Å². The maximum absolute atomic E-state index is 11.6. The molecule has 0 bridgehead atoms.